The maximum atomic E-state index is 11.2. The van der Waals surface area contributed by atoms with E-state index in [0.717, 1.165) is 11.3 Å². The molecule has 4 heteroatoms. The van der Waals surface area contributed by atoms with Gasteiger partial charge in [-0.25, -0.2) is 4.79 Å². The third kappa shape index (κ3) is 1.39. The quantitative estimate of drug-likeness (QED) is 0.650. The Bertz CT molecular complexity index is 347. The van der Waals surface area contributed by atoms with E-state index < -0.39 is 0 Å². The van der Waals surface area contributed by atoms with E-state index in [0.29, 0.717) is 6.54 Å². The number of carbonyl (C=O) groups excluding carboxylic acids is 1. The molecule has 1 aliphatic rings. The van der Waals surface area contributed by atoms with Gasteiger partial charge in [0, 0.05) is 19.3 Å². The smallest absolute Gasteiger partial charge is 0.317 e. The fourth-order valence-corrected chi connectivity index (χ4v) is 1.65. The first-order chi connectivity index (χ1) is 6.68. The van der Waals surface area contributed by atoms with Crippen LogP contribution in [-0.4, -0.2) is 24.5 Å². The van der Waals surface area contributed by atoms with Crippen LogP contribution in [0.3, 0.4) is 0 Å². The van der Waals surface area contributed by atoms with Gasteiger partial charge in [0.15, 0.2) is 0 Å². The van der Waals surface area contributed by atoms with Gasteiger partial charge in [-0.1, -0.05) is 12.1 Å². The van der Waals surface area contributed by atoms with Crippen molar-refractivity contribution in [1.29, 1.82) is 0 Å². The van der Waals surface area contributed by atoms with Crippen LogP contribution < -0.4 is 11.1 Å². The van der Waals surface area contributed by atoms with Crippen molar-refractivity contribution in [2.24, 2.45) is 0 Å². The van der Waals surface area contributed by atoms with Crippen molar-refractivity contribution < 1.29 is 4.79 Å². The zero-order chi connectivity index (χ0) is 10.1. The average molecular weight is 191 g/mol. The molecule has 1 heterocycles. The molecular weight excluding hydrogens is 178 g/mol. The second-order valence-electron chi connectivity index (χ2n) is 3.48. The molecule has 0 saturated carbocycles. The first kappa shape index (κ1) is 8.87. The van der Waals surface area contributed by atoms with Crippen LogP contribution in [0.5, 0.6) is 0 Å². The summed E-state index contributed by atoms with van der Waals surface area (Å²) < 4.78 is 0. The van der Waals surface area contributed by atoms with Crippen molar-refractivity contribution in [1.82, 2.24) is 10.2 Å². The largest absolute Gasteiger partial charge is 0.399 e. The van der Waals surface area contributed by atoms with Crippen molar-refractivity contribution in [3.05, 3.63) is 29.8 Å². The van der Waals surface area contributed by atoms with Gasteiger partial charge in [0.2, 0.25) is 0 Å². The number of hydrogen-bond acceptors (Lipinski definition) is 2. The highest BCUT2D eigenvalue weighted by atomic mass is 16.2. The first-order valence-electron chi connectivity index (χ1n) is 4.54. The lowest BCUT2D eigenvalue weighted by Crippen LogP contribution is -2.25. The lowest BCUT2D eigenvalue weighted by atomic mass is 10.1. The third-order valence-electron chi connectivity index (χ3n) is 2.56. The van der Waals surface area contributed by atoms with Crippen LogP contribution in [0.25, 0.3) is 0 Å². The minimum Gasteiger partial charge on any atom is -0.399 e. The van der Waals surface area contributed by atoms with Crippen molar-refractivity contribution >= 4 is 11.7 Å². The van der Waals surface area contributed by atoms with Crippen LogP contribution in [-0.2, 0) is 0 Å². The van der Waals surface area contributed by atoms with Gasteiger partial charge in [-0.2, -0.15) is 0 Å². The molecule has 1 aromatic rings. The highest BCUT2D eigenvalue weighted by Gasteiger charge is 2.27. The normalized spacial score (nSPS) is 21.1. The molecule has 1 fully saturated rings. The number of hydrogen-bond donors (Lipinski definition) is 2. The summed E-state index contributed by atoms with van der Waals surface area (Å²) in [5.74, 6) is 0. The molecule has 3 N–H and O–H groups in total. The number of carbonyl (C=O) groups is 1. The number of nitrogens with one attached hydrogen (secondary N) is 1. The molecule has 1 aliphatic heterocycles. The molecule has 0 bridgehead atoms. The standard InChI is InChI=1S/C10H13N3O/c1-13-9(6-12-10(13)14)7-2-4-8(11)5-3-7/h2-5,9H,6,11H2,1H3,(H,12,14). The van der Waals surface area contributed by atoms with Crippen LogP contribution in [0.15, 0.2) is 24.3 Å². The maximum Gasteiger partial charge on any atom is 0.317 e. The lowest BCUT2D eigenvalue weighted by Gasteiger charge is -2.18. The number of amides is 2. The van der Waals surface area contributed by atoms with E-state index in [4.69, 9.17) is 5.73 Å². The Morgan fingerprint density at radius 1 is 1.43 bits per heavy atom. The predicted molar refractivity (Wildman–Crippen MR) is 54.8 cm³/mol. The van der Waals surface area contributed by atoms with Crippen LogP contribution in [0.1, 0.15) is 11.6 Å². The molecule has 14 heavy (non-hydrogen) atoms. The predicted octanol–water partition coefficient (Wildman–Crippen LogP) is 0.965. The Kier molecular flexibility index (Phi) is 2.04. The fraction of sp³-hybridized carbons (Fsp3) is 0.300. The Labute approximate surface area is 82.7 Å². The summed E-state index contributed by atoms with van der Waals surface area (Å²) in [7, 11) is 1.79. The van der Waals surface area contributed by atoms with Gasteiger partial charge in [-0.3, -0.25) is 0 Å². The Morgan fingerprint density at radius 2 is 2.07 bits per heavy atom. The average Bonchev–Trinajstić information content (AvgIpc) is 2.50. The van der Waals surface area contributed by atoms with E-state index in [1.807, 2.05) is 24.3 Å². The number of likely N-dealkylation sites (N-methyl/N-ethyl adjacent to an activating group) is 1. The van der Waals surface area contributed by atoms with E-state index in [1.165, 1.54) is 0 Å². The summed E-state index contributed by atoms with van der Waals surface area (Å²) in [6, 6.07) is 7.72. The summed E-state index contributed by atoms with van der Waals surface area (Å²) in [4.78, 5) is 12.9. The molecule has 0 radical (unpaired) electrons. The highest BCUT2D eigenvalue weighted by molar-refractivity contribution is 5.76. The summed E-state index contributed by atoms with van der Waals surface area (Å²) in [5.41, 5.74) is 7.45. The van der Waals surface area contributed by atoms with Crippen molar-refractivity contribution in [3.63, 3.8) is 0 Å². The molecule has 0 aromatic heterocycles. The second kappa shape index (κ2) is 3.21. The van der Waals surface area contributed by atoms with E-state index in [-0.39, 0.29) is 12.1 Å². The highest BCUT2D eigenvalue weighted by Crippen LogP contribution is 2.23. The second-order valence-corrected chi connectivity index (χ2v) is 3.48. The molecule has 1 saturated heterocycles. The van der Waals surface area contributed by atoms with Crippen molar-refractivity contribution in [3.8, 4) is 0 Å². The summed E-state index contributed by atoms with van der Waals surface area (Å²) in [6.07, 6.45) is 0. The Hall–Kier alpha value is -1.71. The molecule has 74 valence electrons. The summed E-state index contributed by atoms with van der Waals surface area (Å²) >= 11 is 0. The number of benzene rings is 1. The van der Waals surface area contributed by atoms with Gasteiger partial charge >= 0.3 is 6.03 Å². The number of nitrogen functional groups attached to an aromatic ring is 1. The van der Waals surface area contributed by atoms with Gasteiger partial charge in [-0.15, -0.1) is 0 Å². The molecule has 0 aliphatic carbocycles. The van der Waals surface area contributed by atoms with Crippen molar-refractivity contribution in [2.75, 3.05) is 19.3 Å². The zero-order valence-electron chi connectivity index (χ0n) is 8.03. The molecule has 4 nitrogen and oxygen atoms in total. The lowest BCUT2D eigenvalue weighted by molar-refractivity contribution is 0.217. The van der Waals surface area contributed by atoms with Gasteiger partial charge < -0.3 is 16.0 Å². The number of nitrogens with zero attached hydrogens (tertiary/aromatic N) is 1. The van der Waals surface area contributed by atoms with Crippen molar-refractivity contribution in [2.45, 2.75) is 6.04 Å². The Morgan fingerprint density at radius 3 is 2.57 bits per heavy atom. The number of anilines is 1. The summed E-state index contributed by atoms with van der Waals surface area (Å²) in [5, 5.41) is 2.79. The van der Waals surface area contributed by atoms with E-state index >= 15 is 0 Å². The monoisotopic (exact) mass is 191 g/mol. The fourth-order valence-electron chi connectivity index (χ4n) is 1.65. The van der Waals surface area contributed by atoms with Crippen LogP contribution in [0, 0.1) is 0 Å². The van der Waals surface area contributed by atoms with Crippen LogP contribution >= 0.6 is 0 Å². The first-order valence-corrected chi connectivity index (χ1v) is 4.54. The van der Waals surface area contributed by atoms with Gasteiger partial charge in [0.05, 0.1) is 6.04 Å². The summed E-state index contributed by atoms with van der Waals surface area (Å²) in [6.45, 7) is 0.666. The van der Waals surface area contributed by atoms with Gasteiger partial charge in [-0.05, 0) is 17.7 Å². The number of urea groups is 1. The molecule has 2 amide bonds. The van der Waals surface area contributed by atoms with Crippen LogP contribution in [0.2, 0.25) is 0 Å². The Balaban J connectivity index is 2.23. The topological polar surface area (TPSA) is 58.4 Å². The molecule has 2 rings (SSSR count). The van der Waals surface area contributed by atoms with E-state index in [2.05, 4.69) is 5.32 Å². The van der Waals surface area contributed by atoms with E-state index in [1.54, 1.807) is 11.9 Å². The molecule has 1 aromatic carbocycles. The van der Waals surface area contributed by atoms with Gasteiger partial charge in [0.1, 0.15) is 0 Å². The third-order valence-corrected chi connectivity index (χ3v) is 2.56. The van der Waals surface area contributed by atoms with E-state index in [9.17, 15) is 4.79 Å². The zero-order valence-corrected chi connectivity index (χ0v) is 8.03. The minimum absolute atomic E-state index is 0.0215. The molecular formula is C10H13N3O. The van der Waals surface area contributed by atoms with Crippen LogP contribution in [0.4, 0.5) is 10.5 Å². The number of nitrogens with two attached hydrogens (primary N) is 1. The molecule has 1 unspecified atom stereocenters. The van der Waals surface area contributed by atoms with Gasteiger partial charge in [0.25, 0.3) is 0 Å². The minimum atomic E-state index is -0.0215. The molecule has 1 atom stereocenters. The number of rotatable bonds is 1. The maximum absolute atomic E-state index is 11.2. The SMILES string of the molecule is CN1C(=O)NCC1c1ccc(N)cc1. The molecule has 0 spiro atoms.